The molecule has 0 aliphatic rings. The molecule has 1 N–H and O–H groups in total. The minimum absolute atomic E-state index is 0.382. The first-order valence-electron chi connectivity index (χ1n) is 9.98. The number of rotatable bonds is 10. The van der Waals surface area contributed by atoms with Gasteiger partial charge in [-0.25, -0.2) is 9.78 Å². The minimum atomic E-state index is -0.436. The van der Waals surface area contributed by atoms with Crippen molar-refractivity contribution in [2.45, 2.75) is 57.1 Å². The summed E-state index contributed by atoms with van der Waals surface area (Å²) < 4.78 is 3.34. The number of imidazole rings is 1. The fourth-order valence-electron chi connectivity index (χ4n) is 3.28. The highest BCUT2D eigenvalue weighted by molar-refractivity contribution is 7.99. The normalized spacial score (nSPS) is 11.4. The number of aryl methyl sites for hydroxylation is 1. The Morgan fingerprint density at radius 2 is 1.75 bits per heavy atom. The summed E-state index contributed by atoms with van der Waals surface area (Å²) in [4.78, 5) is 31.5. The van der Waals surface area contributed by atoms with Gasteiger partial charge in [-0.2, -0.15) is 0 Å². The Morgan fingerprint density at radius 3 is 2.50 bits per heavy atom. The first-order chi connectivity index (χ1) is 13.6. The fraction of sp³-hybridized carbons (Fsp3) is 0.476. The van der Waals surface area contributed by atoms with Crippen molar-refractivity contribution < 1.29 is 0 Å². The molecule has 0 aliphatic carbocycles. The molecule has 28 heavy (non-hydrogen) atoms. The predicted octanol–water partition coefficient (Wildman–Crippen LogP) is 3.92. The van der Waals surface area contributed by atoms with Gasteiger partial charge in [0.25, 0.3) is 5.56 Å². The standard InChI is InChI=1S/C21H28N4O2S/c1-3-4-5-6-7-11-14-28-21-22-18-17(19(26)23-20(27)24(18)2)25(21)15-16-12-9-8-10-13-16/h8-10,12-13H,3-7,11,14-15H2,1-2H3,(H,23,26,27). The molecule has 0 amide bonds. The van der Waals surface area contributed by atoms with Crippen LogP contribution >= 0.6 is 11.8 Å². The molecular weight excluding hydrogens is 372 g/mol. The number of benzene rings is 1. The maximum Gasteiger partial charge on any atom is 0.329 e. The molecule has 0 radical (unpaired) electrons. The van der Waals surface area contributed by atoms with Crippen LogP contribution < -0.4 is 11.2 Å². The third-order valence-corrected chi connectivity index (χ3v) is 5.95. The van der Waals surface area contributed by atoms with E-state index < -0.39 is 5.69 Å². The zero-order valence-electron chi connectivity index (χ0n) is 16.6. The molecule has 6 nitrogen and oxygen atoms in total. The number of hydrogen-bond acceptors (Lipinski definition) is 4. The monoisotopic (exact) mass is 400 g/mol. The number of nitrogens with one attached hydrogen (secondary N) is 1. The van der Waals surface area contributed by atoms with Crippen molar-refractivity contribution >= 4 is 22.9 Å². The van der Waals surface area contributed by atoms with Crippen molar-refractivity contribution in [1.82, 2.24) is 19.1 Å². The van der Waals surface area contributed by atoms with E-state index in [1.165, 1.54) is 36.7 Å². The van der Waals surface area contributed by atoms with Crippen molar-refractivity contribution in [2.75, 3.05) is 5.75 Å². The summed E-state index contributed by atoms with van der Waals surface area (Å²) in [5.41, 5.74) is 1.17. The zero-order valence-corrected chi connectivity index (χ0v) is 17.4. The molecule has 0 aliphatic heterocycles. The SMILES string of the molecule is CCCCCCCCSc1nc2c(c(=O)[nH]c(=O)n2C)n1Cc1ccccc1. The van der Waals surface area contributed by atoms with Gasteiger partial charge >= 0.3 is 5.69 Å². The van der Waals surface area contributed by atoms with Crippen LogP contribution in [0.2, 0.25) is 0 Å². The fourth-order valence-corrected chi connectivity index (χ4v) is 4.28. The van der Waals surface area contributed by atoms with Gasteiger partial charge in [0.2, 0.25) is 0 Å². The number of nitrogens with zero attached hydrogens (tertiary/aromatic N) is 3. The number of aromatic nitrogens is 4. The Kier molecular flexibility index (Phi) is 7.14. The summed E-state index contributed by atoms with van der Waals surface area (Å²) in [5, 5.41) is 0.791. The third kappa shape index (κ3) is 4.76. The van der Waals surface area contributed by atoms with E-state index in [1.54, 1.807) is 18.8 Å². The van der Waals surface area contributed by atoms with Crippen molar-refractivity contribution in [1.29, 1.82) is 0 Å². The van der Waals surface area contributed by atoms with Gasteiger partial charge in [-0.15, -0.1) is 0 Å². The van der Waals surface area contributed by atoms with Crippen LogP contribution in [0.4, 0.5) is 0 Å². The maximum absolute atomic E-state index is 12.5. The number of hydrogen-bond donors (Lipinski definition) is 1. The Bertz CT molecular complexity index is 1020. The quantitative estimate of drug-likeness (QED) is 0.413. The van der Waals surface area contributed by atoms with Crippen LogP contribution in [0.3, 0.4) is 0 Å². The van der Waals surface area contributed by atoms with Crippen molar-refractivity contribution in [3.8, 4) is 0 Å². The van der Waals surface area contributed by atoms with Gasteiger partial charge in [-0.1, -0.05) is 81.1 Å². The Morgan fingerprint density at radius 1 is 1.04 bits per heavy atom. The van der Waals surface area contributed by atoms with E-state index in [1.807, 2.05) is 34.9 Å². The van der Waals surface area contributed by atoms with E-state index in [0.717, 1.165) is 22.9 Å². The lowest BCUT2D eigenvalue weighted by molar-refractivity contribution is 0.626. The number of H-pyrrole nitrogens is 1. The molecular formula is C21H28N4O2S. The first-order valence-corrected chi connectivity index (χ1v) is 11.0. The van der Waals surface area contributed by atoms with Crippen LogP contribution in [0, 0.1) is 0 Å². The summed E-state index contributed by atoms with van der Waals surface area (Å²) >= 11 is 1.66. The molecule has 150 valence electrons. The summed E-state index contributed by atoms with van der Waals surface area (Å²) in [7, 11) is 1.64. The third-order valence-electron chi connectivity index (χ3n) is 4.88. The van der Waals surface area contributed by atoms with Crippen LogP contribution in [0.15, 0.2) is 45.1 Å². The first kappa shape index (κ1) is 20.5. The van der Waals surface area contributed by atoms with Crippen LogP contribution in [0.5, 0.6) is 0 Å². The minimum Gasteiger partial charge on any atom is -0.309 e. The summed E-state index contributed by atoms with van der Waals surface area (Å²) in [6.07, 6.45) is 7.46. The largest absolute Gasteiger partial charge is 0.329 e. The Hall–Kier alpha value is -2.28. The Labute approximate surface area is 169 Å². The van der Waals surface area contributed by atoms with E-state index in [9.17, 15) is 9.59 Å². The lowest BCUT2D eigenvalue weighted by Crippen LogP contribution is -2.29. The maximum atomic E-state index is 12.5. The highest BCUT2D eigenvalue weighted by Crippen LogP contribution is 2.24. The highest BCUT2D eigenvalue weighted by Gasteiger charge is 2.17. The van der Waals surface area contributed by atoms with Crippen molar-refractivity contribution in [2.24, 2.45) is 7.05 Å². The molecule has 2 heterocycles. The molecule has 2 aromatic heterocycles. The molecule has 3 rings (SSSR count). The topological polar surface area (TPSA) is 72.7 Å². The lowest BCUT2D eigenvalue weighted by atomic mass is 10.1. The zero-order chi connectivity index (χ0) is 19.9. The van der Waals surface area contributed by atoms with Gasteiger partial charge < -0.3 is 4.57 Å². The van der Waals surface area contributed by atoms with Crippen LogP contribution in [-0.4, -0.2) is 24.9 Å². The summed E-state index contributed by atoms with van der Waals surface area (Å²) in [6.45, 7) is 2.78. The Balaban J connectivity index is 1.84. The molecule has 0 saturated carbocycles. The molecule has 7 heteroatoms. The summed E-state index contributed by atoms with van der Waals surface area (Å²) in [5.74, 6) is 0.954. The van der Waals surface area contributed by atoms with E-state index in [4.69, 9.17) is 0 Å². The van der Waals surface area contributed by atoms with Crippen molar-refractivity contribution in [3.63, 3.8) is 0 Å². The highest BCUT2D eigenvalue weighted by atomic mass is 32.2. The second-order valence-corrected chi connectivity index (χ2v) is 8.13. The van der Waals surface area contributed by atoms with Gasteiger partial charge in [0.05, 0.1) is 6.54 Å². The van der Waals surface area contributed by atoms with Gasteiger partial charge in [0.1, 0.15) is 0 Å². The van der Waals surface area contributed by atoms with E-state index in [2.05, 4.69) is 16.9 Å². The molecule has 1 aromatic carbocycles. The second-order valence-electron chi connectivity index (χ2n) is 7.07. The lowest BCUT2D eigenvalue weighted by Gasteiger charge is -2.09. The van der Waals surface area contributed by atoms with Gasteiger partial charge in [0, 0.05) is 12.8 Å². The van der Waals surface area contributed by atoms with Crippen LogP contribution in [-0.2, 0) is 13.6 Å². The molecule has 0 atom stereocenters. The van der Waals surface area contributed by atoms with E-state index in [-0.39, 0.29) is 5.56 Å². The average molecular weight is 401 g/mol. The summed E-state index contributed by atoms with van der Waals surface area (Å²) in [6, 6.07) is 10.0. The molecule has 0 saturated heterocycles. The van der Waals surface area contributed by atoms with Crippen LogP contribution in [0.25, 0.3) is 11.2 Å². The molecule has 0 spiro atoms. The average Bonchev–Trinajstić information content (AvgIpc) is 3.05. The molecule has 3 aromatic rings. The van der Waals surface area contributed by atoms with E-state index in [0.29, 0.717) is 17.7 Å². The number of aromatic amines is 1. The van der Waals surface area contributed by atoms with Crippen molar-refractivity contribution in [3.05, 3.63) is 56.7 Å². The van der Waals surface area contributed by atoms with E-state index >= 15 is 0 Å². The second kappa shape index (κ2) is 9.78. The molecule has 0 unspecified atom stereocenters. The smallest absolute Gasteiger partial charge is 0.309 e. The van der Waals surface area contributed by atoms with Gasteiger partial charge in [-0.05, 0) is 12.0 Å². The molecule has 0 bridgehead atoms. The number of unbranched alkanes of at least 4 members (excludes halogenated alkanes) is 5. The van der Waals surface area contributed by atoms with Gasteiger partial charge in [0.15, 0.2) is 16.3 Å². The van der Waals surface area contributed by atoms with Gasteiger partial charge in [-0.3, -0.25) is 14.3 Å². The number of thioether (sulfide) groups is 1. The van der Waals surface area contributed by atoms with Crippen LogP contribution in [0.1, 0.15) is 51.0 Å². The molecule has 0 fully saturated rings. The number of fused-ring (bicyclic) bond motifs is 1. The predicted molar refractivity (Wildman–Crippen MR) is 115 cm³/mol.